The van der Waals surface area contributed by atoms with Gasteiger partial charge >= 0.3 is 0 Å². The Morgan fingerprint density at radius 2 is 0.817 bits per heavy atom. The molecule has 0 rings (SSSR count). The number of phosphoric acid groups is 1. The first-order chi connectivity index (χ1) is 34.5. The maximum atomic E-state index is 13.0. The van der Waals surface area contributed by atoms with Crippen LogP contribution in [0.1, 0.15) is 303 Å². The lowest BCUT2D eigenvalue weighted by Gasteiger charge is -2.29. The molecule has 0 aliphatic heterocycles. The Morgan fingerprint density at radius 1 is 0.493 bits per heavy atom. The molecule has 0 radical (unpaired) electrons. The van der Waals surface area contributed by atoms with Gasteiger partial charge in [-0.25, -0.2) is 0 Å². The third kappa shape index (κ3) is 56.3. The molecule has 0 saturated heterocycles. The van der Waals surface area contributed by atoms with Crippen LogP contribution < -0.4 is 10.2 Å². The van der Waals surface area contributed by atoms with Crippen molar-refractivity contribution < 1.29 is 32.9 Å². The summed E-state index contributed by atoms with van der Waals surface area (Å²) in [5.41, 5.74) is 0. The maximum Gasteiger partial charge on any atom is 0.268 e. The van der Waals surface area contributed by atoms with Gasteiger partial charge < -0.3 is 28.8 Å². The molecule has 0 heterocycles. The summed E-state index contributed by atoms with van der Waals surface area (Å²) in [5.74, 6) is -0.194. The average Bonchev–Trinajstić information content (AvgIpc) is 3.33. The summed E-state index contributed by atoms with van der Waals surface area (Å²) in [7, 11) is 1.27. The van der Waals surface area contributed by atoms with Gasteiger partial charge in [0.2, 0.25) is 5.91 Å². The van der Waals surface area contributed by atoms with Crippen LogP contribution in [-0.2, 0) is 18.4 Å². The van der Waals surface area contributed by atoms with E-state index in [9.17, 15) is 19.4 Å². The predicted molar refractivity (Wildman–Crippen MR) is 307 cm³/mol. The molecule has 0 saturated carbocycles. The fourth-order valence-corrected chi connectivity index (χ4v) is 9.97. The number of hydrogen-bond donors (Lipinski definition) is 2. The van der Waals surface area contributed by atoms with Gasteiger partial charge in [-0.1, -0.05) is 281 Å². The van der Waals surface area contributed by atoms with Crippen LogP contribution in [0.15, 0.2) is 36.5 Å². The largest absolute Gasteiger partial charge is 0.756 e. The highest BCUT2D eigenvalue weighted by atomic mass is 31.2. The number of aliphatic hydroxyl groups excluding tert-OH is 1. The monoisotopic (exact) mass is 1020 g/mol. The Balaban J connectivity index is 3.98. The minimum Gasteiger partial charge on any atom is -0.756 e. The summed E-state index contributed by atoms with van der Waals surface area (Å²) >= 11 is 0. The molecule has 0 bridgehead atoms. The van der Waals surface area contributed by atoms with E-state index in [1.165, 1.54) is 238 Å². The number of hydrogen-bond acceptors (Lipinski definition) is 6. The van der Waals surface area contributed by atoms with Gasteiger partial charge in [-0.3, -0.25) is 9.36 Å². The molecule has 71 heavy (non-hydrogen) atoms. The van der Waals surface area contributed by atoms with E-state index in [2.05, 4.69) is 43.5 Å². The number of nitrogens with zero attached hydrogens (tertiary/aromatic N) is 1. The lowest BCUT2D eigenvalue weighted by atomic mass is 10.0. The van der Waals surface area contributed by atoms with E-state index < -0.39 is 20.0 Å². The number of carbonyl (C=O) groups excluding carboxylic acids is 1. The van der Waals surface area contributed by atoms with Gasteiger partial charge in [-0.2, -0.15) is 0 Å². The molecule has 3 unspecified atom stereocenters. The number of carbonyl (C=O) groups is 1. The van der Waals surface area contributed by atoms with Crippen LogP contribution in [0.4, 0.5) is 0 Å². The Hall–Kier alpha value is -1.28. The number of unbranched alkanes of at least 4 members (excludes halogenated alkanes) is 40. The molecular formula is C62H121N2O6P. The Bertz CT molecular complexity index is 1250. The Morgan fingerprint density at radius 3 is 1.17 bits per heavy atom. The van der Waals surface area contributed by atoms with Crippen LogP contribution in [0.3, 0.4) is 0 Å². The number of phosphoric ester groups is 1. The summed E-state index contributed by atoms with van der Waals surface area (Å²) < 4.78 is 23.3. The quantitative estimate of drug-likeness (QED) is 0.0272. The van der Waals surface area contributed by atoms with Crippen molar-refractivity contribution in [2.45, 2.75) is 315 Å². The van der Waals surface area contributed by atoms with E-state index >= 15 is 0 Å². The van der Waals surface area contributed by atoms with Gasteiger partial charge in [0.15, 0.2) is 0 Å². The normalized spacial score (nSPS) is 14.1. The molecule has 9 heteroatoms. The first kappa shape index (κ1) is 69.7. The van der Waals surface area contributed by atoms with Crippen molar-refractivity contribution in [3.8, 4) is 0 Å². The summed E-state index contributed by atoms with van der Waals surface area (Å²) in [4.78, 5) is 25.5. The lowest BCUT2D eigenvalue weighted by molar-refractivity contribution is -0.870. The summed E-state index contributed by atoms with van der Waals surface area (Å²) in [6.07, 6.45) is 69.6. The summed E-state index contributed by atoms with van der Waals surface area (Å²) in [5, 5.41) is 13.9. The van der Waals surface area contributed by atoms with Crippen LogP contribution in [0.25, 0.3) is 0 Å². The summed E-state index contributed by atoms with van der Waals surface area (Å²) in [6, 6.07) is -0.885. The summed E-state index contributed by atoms with van der Waals surface area (Å²) in [6.45, 7) is 4.68. The van der Waals surface area contributed by atoms with E-state index in [0.29, 0.717) is 17.4 Å². The minimum absolute atomic E-state index is 0.000297. The topological polar surface area (TPSA) is 108 Å². The number of likely N-dealkylation sites (N-methyl/N-ethyl adjacent to an activating group) is 1. The zero-order chi connectivity index (χ0) is 52.0. The van der Waals surface area contributed by atoms with Gasteiger partial charge in [-0.15, -0.1) is 0 Å². The second kappa shape index (κ2) is 53.5. The van der Waals surface area contributed by atoms with E-state index in [4.69, 9.17) is 9.05 Å². The van der Waals surface area contributed by atoms with Gasteiger partial charge in [0.05, 0.1) is 39.9 Å². The molecular weight excluding hydrogens is 900 g/mol. The number of amides is 1. The van der Waals surface area contributed by atoms with Crippen molar-refractivity contribution in [1.82, 2.24) is 5.32 Å². The van der Waals surface area contributed by atoms with Crippen molar-refractivity contribution in [1.29, 1.82) is 0 Å². The van der Waals surface area contributed by atoms with Crippen molar-refractivity contribution in [3.63, 3.8) is 0 Å². The zero-order valence-corrected chi connectivity index (χ0v) is 48.8. The highest BCUT2D eigenvalue weighted by Crippen LogP contribution is 2.38. The molecule has 2 N–H and O–H groups in total. The van der Waals surface area contributed by atoms with Gasteiger partial charge in [0, 0.05) is 6.42 Å². The number of quaternary nitrogens is 1. The molecule has 3 atom stereocenters. The SMILES string of the molecule is CCCCCCCCCCCCC/C=C\C/C=C\CCCCCCCCCCCCCCCCCCCC(=O)NC(COP(=O)([O-])OCC[N+](C)(C)C)C(O)/C=C/CCCCCCCCCCCCCC. The van der Waals surface area contributed by atoms with E-state index in [-0.39, 0.29) is 19.1 Å². The molecule has 0 spiro atoms. The van der Waals surface area contributed by atoms with Crippen molar-refractivity contribution in [3.05, 3.63) is 36.5 Å². The average molecular weight is 1020 g/mol. The van der Waals surface area contributed by atoms with Crippen LogP contribution in [-0.4, -0.2) is 68.5 Å². The number of nitrogens with one attached hydrogen (secondary N) is 1. The minimum atomic E-state index is -4.59. The third-order valence-electron chi connectivity index (χ3n) is 14.1. The molecule has 0 aliphatic rings. The number of allylic oxidation sites excluding steroid dienone is 5. The maximum absolute atomic E-state index is 13.0. The number of rotatable bonds is 57. The fraction of sp³-hybridized carbons (Fsp3) is 0.887. The first-order valence-corrected chi connectivity index (χ1v) is 32.3. The lowest BCUT2D eigenvalue weighted by Crippen LogP contribution is -2.45. The highest BCUT2D eigenvalue weighted by molar-refractivity contribution is 7.45. The zero-order valence-electron chi connectivity index (χ0n) is 47.9. The molecule has 0 aromatic rings. The predicted octanol–water partition coefficient (Wildman–Crippen LogP) is 18.3. The van der Waals surface area contributed by atoms with E-state index in [0.717, 1.165) is 44.9 Å². The van der Waals surface area contributed by atoms with Crippen molar-refractivity contribution in [2.24, 2.45) is 0 Å². The molecule has 8 nitrogen and oxygen atoms in total. The molecule has 420 valence electrons. The van der Waals surface area contributed by atoms with Crippen molar-refractivity contribution in [2.75, 3.05) is 40.9 Å². The highest BCUT2D eigenvalue weighted by Gasteiger charge is 2.23. The second-order valence-electron chi connectivity index (χ2n) is 22.4. The van der Waals surface area contributed by atoms with E-state index in [1.54, 1.807) is 6.08 Å². The Labute approximate surface area is 442 Å². The fourth-order valence-electron chi connectivity index (χ4n) is 9.25. The van der Waals surface area contributed by atoms with Crippen LogP contribution in [0.5, 0.6) is 0 Å². The standard InChI is InChI=1S/C62H121N2O6P/c1-6-8-10-12-14-16-18-20-22-23-24-25-26-27-28-29-30-31-32-33-34-35-36-37-38-39-40-41-42-44-46-48-50-52-54-56-62(66)63-60(59-70-71(67,68)69-58-57-64(3,4)5)61(65)55-53-51-49-47-45-43-21-19-17-15-13-11-9-7-2/h26-27,29-30,53,55,60-61,65H,6-25,28,31-52,54,56-59H2,1-5H3,(H-,63,66,67,68)/b27-26-,30-29-,55-53+. The van der Waals surface area contributed by atoms with Gasteiger partial charge in [0.25, 0.3) is 7.82 Å². The van der Waals surface area contributed by atoms with Crippen LogP contribution in [0.2, 0.25) is 0 Å². The molecule has 0 aromatic carbocycles. The van der Waals surface area contributed by atoms with Gasteiger partial charge in [0.1, 0.15) is 13.2 Å². The molecule has 0 aliphatic carbocycles. The smallest absolute Gasteiger partial charge is 0.268 e. The number of aliphatic hydroxyl groups is 1. The molecule has 0 aromatic heterocycles. The van der Waals surface area contributed by atoms with Crippen LogP contribution >= 0.6 is 7.82 Å². The van der Waals surface area contributed by atoms with Crippen LogP contribution in [0, 0.1) is 0 Å². The van der Waals surface area contributed by atoms with Gasteiger partial charge in [-0.05, 0) is 51.4 Å². The molecule has 1 amide bonds. The van der Waals surface area contributed by atoms with Crippen molar-refractivity contribution >= 4 is 13.7 Å². The first-order valence-electron chi connectivity index (χ1n) is 30.9. The third-order valence-corrected chi connectivity index (χ3v) is 15.1. The second-order valence-corrected chi connectivity index (χ2v) is 23.8. The Kier molecular flexibility index (Phi) is 52.6. The molecule has 0 fully saturated rings. The van der Waals surface area contributed by atoms with E-state index in [1.807, 2.05) is 27.2 Å².